The average molecular weight is 308 g/mol. The van der Waals surface area contributed by atoms with E-state index in [4.69, 9.17) is 11.6 Å². The molecule has 0 spiro atoms. The zero-order chi connectivity index (χ0) is 15.2. The van der Waals surface area contributed by atoms with E-state index in [1.165, 1.54) is 0 Å². The van der Waals surface area contributed by atoms with E-state index in [0.29, 0.717) is 18.0 Å². The van der Waals surface area contributed by atoms with E-state index in [2.05, 4.69) is 0 Å². The summed E-state index contributed by atoms with van der Waals surface area (Å²) in [5, 5.41) is 9.97. The second-order valence-corrected chi connectivity index (χ2v) is 6.68. The summed E-state index contributed by atoms with van der Waals surface area (Å²) in [5.41, 5.74) is 0.420. The summed E-state index contributed by atoms with van der Waals surface area (Å²) in [6, 6.07) is 6.64. The summed E-state index contributed by atoms with van der Waals surface area (Å²) in [6.45, 7) is 2.52. The molecule has 0 aromatic heterocycles. The Morgan fingerprint density at radius 2 is 1.90 bits per heavy atom. The van der Waals surface area contributed by atoms with Gasteiger partial charge in [-0.25, -0.2) is 4.79 Å². The number of carboxylic acid groups (broad SMARTS) is 1. The van der Waals surface area contributed by atoms with Crippen molar-refractivity contribution in [3.8, 4) is 0 Å². The van der Waals surface area contributed by atoms with Crippen molar-refractivity contribution >= 4 is 23.5 Å². The van der Waals surface area contributed by atoms with Crippen molar-refractivity contribution in [2.45, 2.75) is 37.6 Å². The predicted octanol–water partition coefficient (Wildman–Crippen LogP) is 2.69. The van der Waals surface area contributed by atoms with Crippen molar-refractivity contribution in [2.24, 2.45) is 5.92 Å². The summed E-state index contributed by atoms with van der Waals surface area (Å²) in [4.78, 5) is 25.8. The van der Waals surface area contributed by atoms with E-state index >= 15 is 0 Å². The van der Waals surface area contributed by atoms with Gasteiger partial charge in [-0.15, -0.1) is 0 Å². The minimum atomic E-state index is -0.903. The topological polar surface area (TPSA) is 57.6 Å². The number of halogens is 1. The van der Waals surface area contributed by atoms with Crippen molar-refractivity contribution in [1.29, 1.82) is 0 Å². The maximum absolute atomic E-state index is 12.9. The molecule has 2 atom stereocenters. The summed E-state index contributed by atoms with van der Waals surface area (Å²) in [7, 11) is 0. The van der Waals surface area contributed by atoms with Crippen molar-refractivity contribution in [1.82, 2.24) is 4.90 Å². The molecule has 1 aliphatic heterocycles. The third-order valence-electron chi connectivity index (χ3n) is 4.61. The SMILES string of the molecule is C[C@H]1C[C@@H](C(=O)O)N(C(=O)C2(c3ccc(Cl)cc3)CC2)C1. The van der Waals surface area contributed by atoms with Crippen LogP contribution in [0.3, 0.4) is 0 Å². The largest absolute Gasteiger partial charge is 0.480 e. The molecule has 1 aliphatic carbocycles. The first-order valence-electron chi connectivity index (χ1n) is 7.24. The quantitative estimate of drug-likeness (QED) is 0.934. The highest BCUT2D eigenvalue weighted by atomic mass is 35.5. The van der Waals surface area contributed by atoms with Crippen molar-refractivity contribution in [3.63, 3.8) is 0 Å². The molecule has 1 N–H and O–H groups in total. The van der Waals surface area contributed by atoms with Crippen LogP contribution in [-0.4, -0.2) is 34.5 Å². The summed E-state index contributed by atoms with van der Waals surface area (Å²) >= 11 is 5.90. The van der Waals surface area contributed by atoms with Crippen LogP contribution in [0.1, 0.15) is 31.7 Å². The fourth-order valence-electron chi connectivity index (χ4n) is 3.30. The smallest absolute Gasteiger partial charge is 0.326 e. The number of carbonyl (C=O) groups excluding carboxylic acids is 1. The standard InChI is InChI=1S/C16H18ClNO3/c1-10-8-13(14(19)20)18(9-10)15(21)16(6-7-16)11-2-4-12(17)5-3-11/h2-5,10,13H,6-9H2,1H3,(H,19,20)/t10-,13-/m0/s1. The zero-order valence-electron chi connectivity index (χ0n) is 11.9. The number of hydrogen-bond acceptors (Lipinski definition) is 2. The fraction of sp³-hybridized carbons (Fsp3) is 0.500. The van der Waals surface area contributed by atoms with Crippen molar-refractivity contribution in [3.05, 3.63) is 34.9 Å². The van der Waals surface area contributed by atoms with Gasteiger partial charge < -0.3 is 10.0 Å². The lowest BCUT2D eigenvalue weighted by atomic mass is 9.94. The molecule has 5 heteroatoms. The number of nitrogens with zero attached hydrogens (tertiary/aromatic N) is 1. The summed E-state index contributed by atoms with van der Waals surface area (Å²) in [6.07, 6.45) is 2.10. The Kier molecular flexibility index (Phi) is 3.44. The first-order chi connectivity index (χ1) is 9.94. The number of likely N-dealkylation sites (tertiary alicyclic amines) is 1. The second kappa shape index (κ2) is 5.02. The minimum absolute atomic E-state index is 0.0402. The molecule has 3 rings (SSSR count). The van der Waals surface area contributed by atoms with Crippen LogP contribution < -0.4 is 0 Å². The molecule has 1 saturated heterocycles. The normalized spacial score (nSPS) is 26.7. The lowest BCUT2D eigenvalue weighted by molar-refractivity contribution is -0.149. The third kappa shape index (κ3) is 2.42. The molecule has 1 aromatic rings. The van der Waals surface area contributed by atoms with E-state index in [9.17, 15) is 14.7 Å². The lowest BCUT2D eigenvalue weighted by Gasteiger charge is -2.27. The van der Waals surface area contributed by atoms with Crippen molar-refractivity contribution in [2.75, 3.05) is 6.54 Å². The second-order valence-electron chi connectivity index (χ2n) is 6.24. The Hall–Kier alpha value is -1.55. The van der Waals surface area contributed by atoms with Gasteiger partial charge in [-0.1, -0.05) is 30.7 Å². The Balaban J connectivity index is 1.87. The first-order valence-corrected chi connectivity index (χ1v) is 7.62. The highest BCUT2D eigenvalue weighted by molar-refractivity contribution is 6.30. The van der Waals surface area contributed by atoms with Crippen molar-refractivity contribution < 1.29 is 14.7 Å². The van der Waals surface area contributed by atoms with Gasteiger partial charge in [0, 0.05) is 11.6 Å². The van der Waals surface area contributed by atoms with Gasteiger partial charge in [0.2, 0.25) is 5.91 Å². The number of carbonyl (C=O) groups is 2. The molecule has 1 amide bonds. The highest BCUT2D eigenvalue weighted by Crippen LogP contribution is 2.50. The van der Waals surface area contributed by atoms with Gasteiger partial charge in [-0.05, 0) is 42.9 Å². The molecule has 112 valence electrons. The predicted molar refractivity (Wildman–Crippen MR) is 79.3 cm³/mol. The maximum atomic E-state index is 12.9. The third-order valence-corrected chi connectivity index (χ3v) is 4.86. The number of carboxylic acids is 1. The van der Waals surface area contributed by atoms with E-state index in [1.54, 1.807) is 17.0 Å². The minimum Gasteiger partial charge on any atom is -0.480 e. The fourth-order valence-corrected chi connectivity index (χ4v) is 3.43. The zero-order valence-corrected chi connectivity index (χ0v) is 12.6. The van der Waals surface area contributed by atoms with Crippen LogP contribution in [-0.2, 0) is 15.0 Å². The molecule has 1 saturated carbocycles. The van der Waals surface area contributed by atoms with E-state index in [0.717, 1.165) is 18.4 Å². The molecular formula is C16H18ClNO3. The molecule has 4 nitrogen and oxygen atoms in total. The monoisotopic (exact) mass is 307 g/mol. The highest BCUT2D eigenvalue weighted by Gasteiger charge is 2.55. The number of amides is 1. The molecule has 2 aliphatic rings. The van der Waals surface area contributed by atoms with Crippen LogP contribution >= 0.6 is 11.6 Å². The lowest BCUT2D eigenvalue weighted by Crippen LogP contribution is -2.45. The Labute approximate surface area is 128 Å². The van der Waals surface area contributed by atoms with Crippen LogP contribution in [0.2, 0.25) is 5.02 Å². The Bertz CT molecular complexity index is 580. The van der Waals surface area contributed by atoms with Gasteiger partial charge in [-0.3, -0.25) is 4.79 Å². The Morgan fingerprint density at radius 1 is 1.29 bits per heavy atom. The van der Waals surface area contributed by atoms with E-state index in [-0.39, 0.29) is 11.8 Å². The van der Waals surface area contributed by atoms with E-state index in [1.807, 2.05) is 19.1 Å². The summed E-state index contributed by atoms with van der Waals surface area (Å²) in [5.74, 6) is -0.711. The van der Waals surface area contributed by atoms with Gasteiger partial charge in [0.05, 0.1) is 5.41 Å². The van der Waals surface area contributed by atoms with Gasteiger partial charge in [0.1, 0.15) is 6.04 Å². The number of aliphatic carboxylic acids is 1. The van der Waals surface area contributed by atoms with Gasteiger partial charge in [0.15, 0.2) is 0 Å². The van der Waals surface area contributed by atoms with Gasteiger partial charge in [0.25, 0.3) is 0 Å². The van der Waals surface area contributed by atoms with Gasteiger partial charge in [-0.2, -0.15) is 0 Å². The van der Waals surface area contributed by atoms with Crippen LogP contribution in [0.25, 0.3) is 0 Å². The van der Waals surface area contributed by atoms with Crippen LogP contribution in [0, 0.1) is 5.92 Å². The first kappa shape index (κ1) is 14.4. The number of benzene rings is 1. The molecule has 2 fully saturated rings. The number of hydrogen-bond donors (Lipinski definition) is 1. The van der Waals surface area contributed by atoms with Crippen LogP contribution in [0.4, 0.5) is 0 Å². The molecular weight excluding hydrogens is 290 g/mol. The molecule has 0 bridgehead atoms. The molecule has 1 heterocycles. The maximum Gasteiger partial charge on any atom is 0.326 e. The van der Waals surface area contributed by atoms with Crippen LogP contribution in [0.15, 0.2) is 24.3 Å². The number of rotatable bonds is 3. The van der Waals surface area contributed by atoms with E-state index < -0.39 is 17.4 Å². The van der Waals surface area contributed by atoms with Crippen LogP contribution in [0.5, 0.6) is 0 Å². The molecule has 0 unspecified atom stereocenters. The molecule has 1 aromatic carbocycles. The summed E-state index contributed by atoms with van der Waals surface area (Å²) < 4.78 is 0. The molecule has 0 radical (unpaired) electrons. The Morgan fingerprint density at radius 3 is 2.43 bits per heavy atom. The average Bonchev–Trinajstić information content (AvgIpc) is 3.15. The van der Waals surface area contributed by atoms with Gasteiger partial charge >= 0.3 is 5.97 Å². The molecule has 21 heavy (non-hydrogen) atoms.